The molecule has 0 aliphatic rings. The average Bonchev–Trinajstić information content (AvgIpc) is 3.77. The third-order valence-corrected chi connectivity index (χ3v) is 11.6. The van der Waals surface area contributed by atoms with Crippen LogP contribution in [0.1, 0.15) is 0 Å². The van der Waals surface area contributed by atoms with Crippen LogP contribution in [-0.4, -0.2) is 14.5 Å². The zero-order valence-corrected chi connectivity index (χ0v) is 28.8. The molecule has 3 aromatic heterocycles. The van der Waals surface area contributed by atoms with Crippen LogP contribution in [0, 0.1) is 0 Å². The Morgan fingerprint density at radius 1 is 0.423 bits per heavy atom. The Morgan fingerprint density at radius 2 is 1.13 bits per heavy atom. The highest BCUT2D eigenvalue weighted by atomic mass is 32.1. The van der Waals surface area contributed by atoms with Crippen molar-refractivity contribution in [1.29, 1.82) is 0 Å². The lowest BCUT2D eigenvalue weighted by Gasteiger charge is -2.12. The molecule has 0 spiro atoms. The van der Waals surface area contributed by atoms with Gasteiger partial charge in [-0.1, -0.05) is 146 Å². The summed E-state index contributed by atoms with van der Waals surface area (Å²) in [6, 6.07) is 63.1. The van der Waals surface area contributed by atoms with Gasteiger partial charge in [0.15, 0.2) is 0 Å². The highest BCUT2D eigenvalue weighted by Crippen LogP contribution is 2.42. The molecule has 3 heterocycles. The van der Waals surface area contributed by atoms with E-state index in [4.69, 9.17) is 9.97 Å². The Morgan fingerprint density at radius 3 is 2.06 bits per heavy atom. The van der Waals surface area contributed by atoms with Gasteiger partial charge in [0, 0.05) is 41.9 Å². The van der Waals surface area contributed by atoms with Gasteiger partial charge in [-0.2, -0.15) is 0 Å². The second-order valence-corrected chi connectivity index (χ2v) is 14.4. The molecule has 0 saturated heterocycles. The first-order chi connectivity index (χ1) is 25.8. The molecule has 0 atom stereocenters. The number of hydrogen-bond donors (Lipinski definition) is 0. The average molecular weight is 680 g/mol. The van der Waals surface area contributed by atoms with Crippen LogP contribution in [0.4, 0.5) is 0 Å². The second-order valence-electron chi connectivity index (χ2n) is 13.4. The van der Waals surface area contributed by atoms with E-state index in [-0.39, 0.29) is 0 Å². The summed E-state index contributed by atoms with van der Waals surface area (Å²) in [4.78, 5) is 10.6. The van der Waals surface area contributed by atoms with Gasteiger partial charge in [0.05, 0.1) is 22.2 Å². The summed E-state index contributed by atoms with van der Waals surface area (Å²) in [5.41, 5.74) is 9.88. The fourth-order valence-electron chi connectivity index (χ4n) is 8.00. The van der Waals surface area contributed by atoms with Crippen LogP contribution < -0.4 is 0 Å². The number of rotatable bonds is 4. The van der Waals surface area contributed by atoms with Crippen molar-refractivity contribution in [1.82, 2.24) is 14.5 Å². The number of benzene rings is 8. The Labute approximate surface area is 303 Å². The van der Waals surface area contributed by atoms with Crippen LogP contribution in [0.15, 0.2) is 176 Å². The molecule has 3 nitrogen and oxygen atoms in total. The smallest absolute Gasteiger partial charge is 0.235 e. The van der Waals surface area contributed by atoms with Crippen molar-refractivity contribution in [2.24, 2.45) is 0 Å². The molecule has 242 valence electrons. The molecule has 0 aliphatic carbocycles. The number of thiophene rings is 1. The first-order valence-electron chi connectivity index (χ1n) is 17.6. The molecule has 4 heteroatoms. The van der Waals surface area contributed by atoms with Crippen LogP contribution in [0.3, 0.4) is 0 Å². The van der Waals surface area contributed by atoms with Crippen molar-refractivity contribution in [3.63, 3.8) is 0 Å². The number of nitrogens with zero attached hydrogens (tertiary/aromatic N) is 3. The van der Waals surface area contributed by atoms with E-state index in [1.165, 1.54) is 58.4 Å². The first-order valence-corrected chi connectivity index (χ1v) is 18.4. The topological polar surface area (TPSA) is 30.7 Å². The van der Waals surface area contributed by atoms with Gasteiger partial charge >= 0.3 is 0 Å². The molecule has 0 aliphatic heterocycles. The lowest BCUT2D eigenvalue weighted by atomic mass is 9.97. The van der Waals surface area contributed by atoms with Crippen LogP contribution in [-0.2, 0) is 0 Å². The summed E-state index contributed by atoms with van der Waals surface area (Å²) >= 11 is 1.87. The SMILES string of the molecule is c1ccc(-c2nc(-n3c4cc(-c5cccc(-c6cccc7c6sc6ccccc67)c5)ccc4c4c5ccccc5ccc43)nc3ccccc23)cc1. The number of para-hydroxylation sites is 1. The van der Waals surface area contributed by atoms with E-state index in [1.54, 1.807) is 0 Å². The lowest BCUT2D eigenvalue weighted by Crippen LogP contribution is -2.03. The molecule has 11 aromatic rings. The van der Waals surface area contributed by atoms with Gasteiger partial charge in [-0.05, 0) is 63.4 Å². The summed E-state index contributed by atoms with van der Waals surface area (Å²) in [5.74, 6) is 0.662. The van der Waals surface area contributed by atoms with Crippen molar-refractivity contribution in [2.45, 2.75) is 0 Å². The first kappa shape index (κ1) is 29.1. The zero-order valence-electron chi connectivity index (χ0n) is 28.0. The normalized spacial score (nSPS) is 11.8. The minimum absolute atomic E-state index is 0.662. The fraction of sp³-hybridized carbons (Fsp3) is 0. The van der Waals surface area contributed by atoms with Gasteiger partial charge in [0.25, 0.3) is 0 Å². The molecule has 0 radical (unpaired) electrons. The Balaban J connectivity index is 1.16. The molecular weight excluding hydrogens is 651 g/mol. The molecule has 0 N–H and O–H groups in total. The van der Waals surface area contributed by atoms with Gasteiger partial charge in [0.2, 0.25) is 5.95 Å². The Kier molecular flexibility index (Phi) is 6.42. The van der Waals surface area contributed by atoms with Gasteiger partial charge in [-0.15, -0.1) is 11.3 Å². The van der Waals surface area contributed by atoms with Gasteiger partial charge in [0.1, 0.15) is 0 Å². The van der Waals surface area contributed by atoms with Gasteiger partial charge in [-0.3, -0.25) is 4.57 Å². The molecule has 0 unspecified atom stereocenters. The zero-order chi connectivity index (χ0) is 34.2. The minimum atomic E-state index is 0.662. The van der Waals surface area contributed by atoms with Crippen LogP contribution in [0.25, 0.3) is 103 Å². The monoisotopic (exact) mass is 679 g/mol. The van der Waals surface area contributed by atoms with Crippen molar-refractivity contribution < 1.29 is 0 Å². The Bertz CT molecular complexity index is 3190. The third kappa shape index (κ3) is 4.45. The van der Waals surface area contributed by atoms with E-state index in [0.29, 0.717) is 5.95 Å². The maximum atomic E-state index is 5.35. The largest absolute Gasteiger partial charge is 0.278 e. The third-order valence-electron chi connectivity index (χ3n) is 10.4. The summed E-state index contributed by atoms with van der Waals surface area (Å²) in [5, 5.41) is 8.49. The van der Waals surface area contributed by atoms with E-state index < -0.39 is 0 Å². The van der Waals surface area contributed by atoms with Crippen LogP contribution >= 0.6 is 11.3 Å². The summed E-state index contributed by atoms with van der Waals surface area (Å²) in [7, 11) is 0. The van der Waals surface area contributed by atoms with Crippen LogP contribution in [0.5, 0.6) is 0 Å². The predicted octanol–water partition coefficient (Wildman–Crippen LogP) is 13.2. The molecular formula is C48H29N3S. The highest BCUT2D eigenvalue weighted by Gasteiger charge is 2.20. The predicted molar refractivity (Wildman–Crippen MR) is 221 cm³/mol. The van der Waals surface area contributed by atoms with Gasteiger partial charge < -0.3 is 0 Å². The summed E-state index contributed by atoms with van der Waals surface area (Å²) in [6.07, 6.45) is 0. The summed E-state index contributed by atoms with van der Waals surface area (Å²) in [6.45, 7) is 0. The molecule has 11 rings (SSSR count). The fourth-order valence-corrected chi connectivity index (χ4v) is 9.24. The van der Waals surface area contributed by atoms with E-state index >= 15 is 0 Å². The molecule has 0 fully saturated rings. The van der Waals surface area contributed by atoms with Crippen molar-refractivity contribution in [3.05, 3.63) is 176 Å². The number of hydrogen-bond acceptors (Lipinski definition) is 3. The molecule has 0 amide bonds. The van der Waals surface area contributed by atoms with Crippen molar-refractivity contribution >= 4 is 75.0 Å². The van der Waals surface area contributed by atoms with E-state index in [9.17, 15) is 0 Å². The highest BCUT2D eigenvalue weighted by molar-refractivity contribution is 7.26. The van der Waals surface area contributed by atoms with Crippen LogP contribution in [0.2, 0.25) is 0 Å². The number of fused-ring (bicyclic) bond motifs is 9. The second kappa shape index (κ2) is 11.5. The van der Waals surface area contributed by atoms with E-state index in [0.717, 1.165) is 38.8 Å². The Hall–Kier alpha value is -6.62. The van der Waals surface area contributed by atoms with E-state index in [1.807, 2.05) is 17.4 Å². The summed E-state index contributed by atoms with van der Waals surface area (Å²) < 4.78 is 4.91. The molecule has 0 saturated carbocycles. The lowest BCUT2D eigenvalue weighted by molar-refractivity contribution is 1.01. The van der Waals surface area contributed by atoms with Crippen molar-refractivity contribution in [3.8, 4) is 39.5 Å². The molecule has 52 heavy (non-hydrogen) atoms. The standard InChI is InChI=1S/C48H29N3S/c1-2-13-31(14-3-1)46-39-19-6-8-22-41(39)49-48(50-46)51-42-27-25-30-12-4-5-17-35(30)45(42)40-26-24-33(29-43(40)51)32-15-10-16-34(28-32)36-20-11-21-38-37-18-7-9-23-44(37)52-47(36)38/h1-29H. The van der Waals surface area contributed by atoms with Crippen molar-refractivity contribution in [2.75, 3.05) is 0 Å². The van der Waals surface area contributed by atoms with Gasteiger partial charge in [-0.25, -0.2) is 9.97 Å². The van der Waals surface area contributed by atoms with E-state index in [2.05, 4.69) is 174 Å². The quantitative estimate of drug-likeness (QED) is 0.185. The molecule has 8 aromatic carbocycles. The number of aromatic nitrogens is 3. The minimum Gasteiger partial charge on any atom is -0.278 e. The molecule has 0 bridgehead atoms. The maximum absolute atomic E-state index is 5.35. The maximum Gasteiger partial charge on any atom is 0.235 e.